The normalized spacial score (nSPS) is 11.3. The fourth-order valence-corrected chi connectivity index (χ4v) is 2.45. The molecule has 0 bridgehead atoms. The number of aromatic amines is 1. The van der Waals surface area contributed by atoms with Gasteiger partial charge in [-0.3, -0.25) is 15.2 Å². The molecule has 9 heteroatoms. The molecule has 0 spiro atoms. The number of benzene rings is 1. The third-order valence-electron chi connectivity index (χ3n) is 1.97. The Balaban J connectivity index is 2.67. The molecule has 88 valence electrons. The number of nitrogens with one attached hydrogen (secondary N) is 1. The lowest BCUT2D eigenvalue weighted by Gasteiger charge is -2.06. The van der Waals surface area contributed by atoms with E-state index < -0.39 is 30.4 Å². The highest BCUT2D eigenvalue weighted by Gasteiger charge is 2.24. The summed E-state index contributed by atoms with van der Waals surface area (Å²) >= 11 is 0. The van der Waals surface area contributed by atoms with E-state index in [0.717, 1.165) is 12.1 Å². The zero-order valence-corrected chi connectivity index (χ0v) is 9.01. The summed E-state index contributed by atoms with van der Waals surface area (Å²) in [6, 6.07) is 5.02. The fraction of sp³-hybridized carbons (Fsp3) is 0. The number of para-hydroxylation sites is 1. The maximum atomic E-state index is 12.0. The van der Waals surface area contributed by atoms with Crippen LogP contribution in [-0.4, -0.2) is 28.8 Å². The van der Waals surface area contributed by atoms with Gasteiger partial charge in [0.15, 0.2) is 9.84 Å². The third kappa shape index (κ3) is 1.87. The van der Waals surface area contributed by atoms with Crippen molar-refractivity contribution >= 4 is 15.5 Å². The molecule has 8 nitrogen and oxygen atoms in total. The van der Waals surface area contributed by atoms with E-state index in [4.69, 9.17) is 0 Å². The third-order valence-corrected chi connectivity index (χ3v) is 3.62. The zero-order chi connectivity index (χ0) is 12.5. The van der Waals surface area contributed by atoms with Crippen molar-refractivity contribution in [3.8, 4) is 0 Å². The molecular weight excluding hydrogens is 248 g/mol. The predicted molar refractivity (Wildman–Crippen MR) is 53.8 cm³/mol. The molecular formula is C8H5N4O4S-. The van der Waals surface area contributed by atoms with E-state index in [2.05, 4.69) is 21.6 Å². The smallest absolute Gasteiger partial charge is 0.288 e. The highest BCUT2D eigenvalue weighted by molar-refractivity contribution is 7.91. The van der Waals surface area contributed by atoms with E-state index in [1.807, 2.05) is 0 Å². The van der Waals surface area contributed by atoms with E-state index in [-0.39, 0.29) is 0 Å². The monoisotopic (exact) mass is 253 g/mol. The van der Waals surface area contributed by atoms with E-state index in [9.17, 15) is 18.5 Å². The number of nitrogens with zero attached hydrogens (tertiary/aromatic N) is 3. The van der Waals surface area contributed by atoms with Crippen molar-refractivity contribution in [3.05, 3.63) is 40.6 Å². The number of hydrogen-bond donors (Lipinski definition) is 1. The molecule has 1 heterocycles. The van der Waals surface area contributed by atoms with Crippen LogP contribution in [0.25, 0.3) is 0 Å². The van der Waals surface area contributed by atoms with Crippen LogP contribution in [0.2, 0.25) is 0 Å². The van der Waals surface area contributed by atoms with Crippen molar-refractivity contribution in [2.75, 3.05) is 0 Å². The molecule has 1 aromatic heterocycles. The number of H-pyrrole nitrogens is 1. The summed E-state index contributed by atoms with van der Waals surface area (Å²) in [5.41, 5.74) is -0.504. The first-order valence-corrected chi connectivity index (χ1v) is 5.79. The van der Waals surface area contributed by atoms with Crippen LogP contribution in [0.15, 0.2) is 34.2 Å². The Hall–Kier alpha value is -2.29. The fourth-order valence-electron chi connectivity index (χ4n) is 1.23. The molecule has 0 saturated heterocycles. The summed E-state index contributed by atoms with van der Waals surface area (Å²) < 4.78 is 23.9. The molecule has 0 aliphatic rings. The average Bonchev–Trinajstić information content (AvgIpc) is 2.83. The summed E-state index contributed by atoms with van der Waals surface area (Å²) in [4.78, 5) is 9.54. The summed E-state index contributed by atoms with van der Waals surface area (Å²) in [6.45, 7) is 0. The minimum atomic E-state index is -4.05. The molecule has 1 N–H and O–H groups in total. The molecule has 0 fully saturated rings. The first kappa shape index (κ1) is 11.2. The second-order valence-corrected chi connectivity index (χ2v) is 4.84. The molecule has 0 saturated carbocycles. The Kier molecular flexibility index (Phi) is 2.60. The number of nitro benzene ring substituents is 1. The number of nitro groups is 1. The van der Waals surface area contributed by atoms with Gasteiger partial charge < -0.3 is 11.3 Å². The van der Waals surface area contributed by atoms with Gasteiger partial charge in [-0.2, -0.15) is 0 Å². The van der Waals surface area contributed by atoms with Crippen LogP contribution in [0, 0.1) is 16.3 Å². The largest absolute Gasteiger partial charge is 0.351 e. The van der Waals surface area contributed by atoms with Crippen molar-refractivity contribution in [2.24, 2.45) is 0 Å². The maximum Gasteiger partial charge on any atom is 0.288 e. The topological polar surface area (TPSA) is 119 Å². The van der Waals surface area contributed by atoms with Crippen molar-refractivity contribution in [1.29, 1.82) is 0 Å². The van der Waals surface area contributed by atoms with Gasteiger partial charge in [-0.05, 0) is 11.1 Å². The van der Waals surface area contributed by atoms with Gasteiger partial charge in [-0.25, -0.2) is 8.42 Å². The number of sulfone groups is 1. The molecule has 0 atom stereocenters. The van der Waals surface area contributed by atoms with E-state index >= 15 is 0 Å². The Morgan fingerprint density at radius 2 is 2.06 bits per heavy atom. The summed E-state index contributed by atoms with van der Waals surface area (Å²) in [5.74, 6) is 0. The zero-order valence-electron chi connectivity index (χ0n) is 8.19. The lowest BCUT2D eigenvalue weighted by atomic mass is 10.3. The first-order valence-electron chi connectivity index (χ1n) is 4.30. The van der Waals surface area contributed by atoms with Gasteiger partial charge in [0, 0.05) is 6.07 Å². The Morgan fingerprint density at radius 1 is 1.35 bits per heavy atom. The van der Waals surface area contributed by atoms with Crippen LogP contribution in [-0.2, 0) is 9.84 Å². The summed E-state index contributed by atoms with van der Waals surface area (Å²) in [7, 11) is -4.05. The standard InChI is InChI=1S/C8H5N4O4S/c13-12(14)6-3-1-2-4-7(6)17(15,16)8-5-9-11-10-8/h1-4H,(H,9,10,11)/q-1. The molecule has 0 aliphatic heterocycles. The lowest BCUT2D eigenvalue weighted by Crippen LogP contribution is -2.06. The number of aromatic nitrogens is 3. The van der Waals surface area contributed by atoms with Gasteiger partial charge in [-0.1, -0.05) is 12.1 Å². The van der Waals surface area contributed by atoms with Crippen LogP contribution in [0.4, 0.5) is 5.69 Å². The summed E-state index contributed by atoms with van der Waals surface area (Å²) in [5, 5.41) is 18.8. The molecule has 0 unspecified atom stereocenters. The van der Waals surface area contributed by atoms with Crippen LogP contribution >= 0.6 is 0 Å². The van der Waals surface area contributed by atoms with Gasteiger partial charge in [0.1, 0.15) is 4.90 Å². The SMILES string of the molecule is O=[N+]([O-])c1ccccc1S(=O)(=O)c1[c-]nn[nH]1. The highest BCUT2D eigenvalue weighted by Crippen LogP contribution is 2.27. The predicted octanol–water partition coefficient (Wildman–Crippen LogP) is 0.346. The van der Waals surface area contributed by atoms with Crippen molar-refractivity contribution in [2.45, 2.75) is 9.92 Å². The maximum absolute atomic E-state index is 12.0. The molecule has 2 rings (SSSR count). The Bertz CT molecular complexity index is 650. The van der Waals surface area contributed by atoms with E-state index in [0.29, 0.717) is 0 Å². The number of hydrogen-bond acceptors (Lipinski definition) is 6. The van der Waals surface area contributed by atoms with E-state index in [1.165, 1.54) is 12.1 Å². The summed E-state index contributed by atoms with van der Waals surface area (Å²) in [6.07, 6.45) is 2.11. The highest BCUT2D eigenvalue weighted by atomic mass is 32.2. The molecule has 0 radical (unpaired) electrons. The van der Waals surface area contributed by atoms with Gasteiger partial charge in [0.05, 0.1) is 4.92 Å². The van der Waals surface area contributed by atoms with Gasteiger partial charge in [0.2, 0.25) is 0 Å². The Morgan fingerprint density at radius 3 is 2.65 bits per heavy atom. The van der Waals surface area contributed by atoms with Gasteiger partial charge >= 0.3 is 0 Å². The quantitative estimate of drug-likeness (QED) is 0.478. The van der Waals surface area contributed by atoms with Gasteiger partial charge in [-0.15, -0.1) is 5.21 Å². The van der Waals surface area contributed by atoms with Crippen LogP contribution < -0.4 is 0 Å². The van der Waals surface area contributed by atoms with Crippen molar-refractivity contribution in [3.63, 3.8) is 0 Å². The Labute approximate surface area is 95.4 Å². The van der Waals surface area contributed by atoms with Crippen LogP contribution in [0.1, 0.15) is 0 Å². The molecule has 0 amide bonds. The van der Waals surface area contributed by atoms with Crippen molar-refractivity contribution < 1.29 is 13.3 Å². The second kappa shape index (κ2) is 3.94. The first-order chi connectivity index (χ1) is 8.03. The van der Waals surface area contributed by atoms with E-state index in [1.54, 1.807) is 0 Å². The van der Waals surface area contributed by atoms with Gasteiger partial charge in [0.25, 0.3) is 5.69 Å². The molecule has 17 heavy (non-hydrogen) atoms. The average molecular weight is 253 g/mol. The second-order valence-electron chi connectivity index (χ2n) is 2.98. The molecule has 2 aromatic rings. The number of rotatable bonds is 3. The minimum Gasteiger partial charge on any atom is -0.351 e. The molecule has 0 aliphatic carbocycles. The lowest BCUT2D eigenvalue weighted by molar-refractivity contribution is -0.387. The van der Waals surface area contributed by atoms with Crippen LogP contribution in [0.5, 0.6) is 0 Å². The molecule has 1 aromatic carbocycles. The minimum absolute atomic E-state index is 0.410. The van der Waals surface area contributed by atoms with Crippen molar-refractivity contribution in [1.82, 2.24) is 15.4 Å². The van der Waals surface area contributed by atoms with Crippen LogP contribution in [0.3, 0.4) is 0 Å².